The van der Waals surface area contributed by atoms with E-state index in [1.165, 1.54) is 4.68 Å². The maximum absolute atomic E-state index is 12.7. The minimum atomic E-state index is -0.609. The maximum atomic E-state index is 12.7. The van der Waals surface area contributed by atoms with Crippen molar-refractivity contribution in [1.29, 1.82) is 0 Å². The lowest BCUT2D eigenvalue weighted by molar-refractivity contribution is -0.143. The normalized spacial score (nSPS) is 14.3. The van der Waals surface area contributed by atoms with Gasteiger partial charge < -0.3 is 14.8 Å². The lowest BCUT2D eigenvalue weighted by atomic mass is 10.0. The molecular weight excluding hydrogens is 388 g/mol. The van der Waals surface area contributed by atoms with Crippen LogP contribution in [0.4, 0.5) is 0 Å². The van der Waals surface area contributed by atoms with Crippen LogP contribution in [0.5, 0.6) is 5.75 Å². The first-order valence-electron chi connectivity index (χ1n) is 10.3. The third-order valence-corrected chi connectivity index (χ3v) is 5.08. The quantitative estimate of drug-likeness (QED) is 0.656. The molecule has 0 radical (unpaired) electrons. The van der Waals surface area contributed by atoms with Gasteiger partial charge in [0.05, 0.1) is 26.2 Å². The molecule has 2 aromatic rings. The van der Waals surface area contributed by atoms with Gasteiger partial charge in [-0.3, -0.25) is 14.2 Å². The van der Waals surface area contributed by atoms with Crippen LogP contribution in [0, 0.1) is 0 Å². The fraction of sp³-hybridized carbons (Fsp3) is 0.524. The molecular formula is C21H28N4O5. The minimum absolute atomic E-state index is 0.0265. The topological polar surface area (TPSA) is 104 Å². The molecule has 30 heavy (non-hydrogen) atoms. The van der Waals surface area contributed by atoms with Gasteiger partial charge in [0, 0.05) is 13.0 Å². The zero-order chi connectivity index (χ0) is 21.5. The number of carbonyl (C=O) groups is 2. The average molecular weight is 416 g/mol. The molecule has 1 unspecified atom stereocenters. The summed E-state index contributed by atoms with van der Waals surface area (Å²) >= 11 is 0. The second kappa shape index (κ2) is 10.1. The van der Waals surface area contributed by atoms with E-state index in [1.54, 1.807) is 42.9 Å². The first-order chi connectivity index (χ1) is 14.5. The highest BCUT2D eigenvalue weighted by Gasteiger charge is 2.22. The van der Waals surface area contributed by atoms with Crippen LogP contribution in [0.25, 0.3) is 0 Å². The third kappa shape index (κ3) is 5.28. The predicted octanol–water partition coefficient (Wildman–Crippen LogP) is 1.59. The molecule has 1 amide bonds. The number of methoxy groups -OCH3 is 1. The molecule has 1 atom stereocenters. The summed E-state index contributed by atoms with van der Waals surface area (Å²) in [5, 5.41) is 7.18. The van der Waals surface area contributed by atoms with E-state index in [9.17, 15) is 14.4 Å². The molecule has 1 aliphatic rings. The Bertz CT molecular complexity index is 949. The zero-order valence-corrected chi connectivity index (χ0v) is 17.4. The number of fused-ring (bicyclic) bond motifs is 1. The first kappa shape index (κ1) is 21.6. The summed E-state index contributed by atoms with van der Waals surface area (Å²) in [6, 6.07) is 6.52. The van der Waals surface area contributed by atoms with Gasteiger partial charge in [-0.25, -0.2) is 9.48 Å². The molecule has 162 valence electrons. The van der Waals surface area contributed by atoms with Crippen molar-refractivity contribution < 1.29 is 19.1 Å². The Balaban J connectivity index is 1.76. The van der Waals surface area contributed by atoms with Gasteiger partial charge in [-0.15, -0.1) is 0 Å². The van der Waals surface area contributed by atoms with E-state index < -0.39 is 17.9 Å². The maximum Gasteiger partial charge on any atom is 0.346 e. The van der Waals surface area contributed by atoms with Crippen LogP contribution in [0.2, 0.25) is 0 Å². The number of aromatic nitrogens is 3. The predicted molar refractivity (Wildman–Crippen MR) is 109 cm³/mol. The summed E-state index contributed by atoms with van der Waals surface area (Å²) in [5.74, 6) is 0.518. The number of nitrogens with one attached hydrogen (secondary N) is 1. The van der Waals surface area contributed by atoms with Crippen molar-refractivity contribution in [1.82, 2.24) is 19.7 Å². The fourth-order valence-corrected chi connectivity index (χ4v) is 3.60. The van der Waals surface area contributed by atoms with E-state index in [0.29, 0.717) is 17.9 Å². The van der Waals surface area contributed by atoms with Crippen molar-refractivity contribution >= 4 is 11.9 Å². The Morgan fingerprint density at radius 2 is 2.10 bits per heavy atom. The van der Waals surface area contributed by atoms with Crippen molar-refractivity contribution in [2.24, 2.45) is 0 Å². The van der Waals surface area contributed by atoms with Gasteiger partial charge in [-0.05, 0) is 37.5 Å². The summed E-state index contributed by atoms with van der Waals surface area (Å²) in [7, 11) is 1.55. The molecule has 0 spiro atoms. The number of benzene rings is 1. The second-order valence-corrected chi connectivity index (χ2v) is 7.22. The minimum Gasteiger partial charge on any atom is -0.497 e. The molecule has 2 heterocycles. The number of carbonyl (C=O) groups excluding carboxylic acids is 2. The van der Waals surface area contributed by atoms with E-state index in [2.05, 4.69) is 10.4 Å². The van der Waals surface area contributed by atoms with Crippen LogP contribution >= 0.6 is 0 Å². The molecule has 3 rings (SSSR count). The number of ether oxygens (including phenoxy) is 2. The largest absolute Gasteiger partial charge is 0.497 e. The van der Waals surface area contributed by atoms with E-state index >= 15 is 0 Å². The Morgan fingerprint density at radius 1 is 1.27 bits per heavy atom. The monoisotopic (exact) mass is 416 g/mol. The van der Waals surface area contributed by atoms with E-state index in [1.807, 2.05) is 0 Å². The molecule has 0 saturated carbocycles. The standard InChI is InChI=1S/C21H28N4O5/c1-3-30-20(27)13-17(15-8-7-9-16(12-15)29-2)22-19(26)14-25-21(28)24-11-6-4-5-10-18(24)23-25/h7-9,12,17H,3-6,10-11,13-14H2,1-2H3,(H,22,26). The van der Waals surface area contributed by atoms with Crippen LogP contribution in [-0.4, -0.2) is 39.9 Å². The number of esters is 1. The number of aryl methyl sites for hydroxylation is 1. The van der Waals surface area contributed by atoms with Crippen LogP contribution < -0.4 is 15.7 Å². The van der Waals surface area contributed by atoms with Gasteiger partial charge >= 0.3 is 11.7 Å². The number of hydrogen-bond donors (Lipinski definition) is 1. The lowest BCUT2D eigenvalue weighted by Crippen LogP contribution is -2.36. The third-order valence-electron chi connectivity index (χ3n) is 5.08. The molecule has 0 saturated heterocycles. The second-order valence-electron chi connectivity index (χ2n) is 7.22. The van der Waals surface area contributed by atoms with Crippen LogP contribution in [0.15, 0.2) is 29.1 Å². The molecule has 0 aliphatic carbocycles. The smallest absolute Gasteiger partial charge is 0.346 e. The van der Waals surface area contributed by atoms with Gasteiger partial charge in [0.2, 0.25) is 5.91 Å². The van der Waals surface area contributed by atoms with Crippen LogP contribution in [-0.2, 0) is 33.8 Å². The summed E-state index contributed by atoms with van der Waals surface area (Å²) in [6.07, 6.45) is 3.70. The van der Waals surface area contributed by atoms with Gasteiger partial charge in [-0.1, -0.05) is 18.6 Å². The van der Waals surface area contributed by atoms with Crippen LogP contribution in [0.1, 0.15) is 50.0 Å². The highest BCUT2D eigenvalue weighted by atomic mass is 16.5. The SMILES string of the molecule is CCOC(=O)CC(NC(=O)Cn1nc2n(c1=O)CCCCC2)c1cccc(OC)c1. The molecule has 0 bridgehead atoms. The molecule has 1 aliphatic heterocycles. The summed E-state index contributed by atoms with van der Waals surface area (Å²) in [6.45, 7) is 2.41. The Labute approximate surface area is 175 Å². The number of hydrogen-bond acceptors (Lipinski definition) is 6. The number of rotatable bonds is 8. The number of amides is 1. The molecule has 1 N–H and O–H groups in total. The van der Waals surface area contributed by atoms with Gasteiger partial charge in [0.15, 0.2) is 0 Å². The fourth-order valence-electron chi connectivity index (χ4n) is 3.60. The highest BCUT2D eigenvalue weighted by Crippen LogP contribution is 2.22. The van der Waals surface area contributed by atoms with E-state index in [4.69, 9.17) is 9.47 Å². The highest BCUT2D eigenvalue weighted by molar-refractivity contribution is 5.78. The summed E-state index contributed by atoms with van der Waals surface area (Å²) in [4.78, 5) is 37.4. The first-order valence-corrected chi connectivity index (χ1v) is 10.3. The van der Waals surface area contributed by atoms with Gasteiger partial charge in [-0.2, -0.15) is 5.10 Å². The molecule has 9 heteroatoms. The Morgan fingerprint density at radius 3 is 2.87 bits per heavy atom. The van der Waals surface area contributed by atoms with Crippen molar-refractivity contribution in [2.75, 3.05) is 13.7 Å². The Kier molecular flexibility index (Phi) is 7.26. The van der Waals surface area contributed by atoms with Crippen molar-refractivity contribution in [3.8, 4) is 5.75 Å². The van der Waals surface area contributed by atoms with Gasteiger partial charge in [0.1, 0.15) is 18.1 Å². The number of nitrogens with zero attached hydrogens (tertiary/aromatic N) is 3. The summed E-state index contributed by atoms with van der Waals surface area (Å²) < 4.78 is 13.1. The lowest BCUT2D eigenvalue weighted by Gasteiger charge is -2.19. The molecule has 1 aromatic carbocycles. The summed E-state index contributed by atoms with van der Waals surface area (Å²) in [5.41, 5.74) is 0.439. The van der Waals surface area contributed by atoms with Crippen molar-refractivity contribution in [3.05, 3.63) is 46.1 Å². The molecule has 9 nitrogen and oxygen atoms in total. The Hall–Kier alpha value is -3.10. The van der Waals surface area contributed by atoms with Crippen molar-refractivity contribution in [3.63, 3.8) is 0 Å². The zero-order valence-electron chi connectivity index (χ0n) is 17.4. The van der Waals surface area contributed by atoms with Gasteiger partial charge in [0.25, 0.3) is 0 Å². The molecule has 0 fully saturated rings. The molecule has 1 aromatic heterocycles. The van der Waals surface area contributed by atoms with Crippen LogP contribution in [0.3, 0.4) is 0 Å². The van der Waals surface area contributed by atoms with Crippen molar-refractivity contribution in [2.45, 2.75) is 58.2 Å². The van der Waals surface area contributed by atoms with E-state index in [-0.39, 0.29) is 25.3 Å². The van der Waals surface area contributed by atoms with E-state index in [0.717, 1.165) is 31.5 Å². The average Bonchev–Trinajstić information content (AvgIpc) is 2.89.